The summed E-state index contributed by atoms with van der Waals surface area (Å²) < 4.78 is 0. The Morgan fingerprint density at radius 3 is 2.16 bits per heavy atom. The molecule has 1 unspecified atom stereocenters. The Balaban J connectivity index is 4.03. The quantitative estimate of drug-likeness (QED) is 0.616. The molecular weight excluding hydrogens is 242 g/mol. The van der Waals surface area contributed by atoms with Gasteiger partial charge in [0.2, 0.25) is 11.8 Å². The van der Waals surface area contributed by atoms with Crippen LogP contribution in [0.25, 0.3) is 0 Å². The first-order chi connectivity index (χ1) is 8.71. The van der Waals surface area contributed by atoms with Crippen molar-refractivity contribution >= 4 is 11.8 Å². The second-order valence-corrected chi connectivity index (χ2v) is 6.02. The highest BCUT2D eigenvalue weighted by Crippen LogP contribution is 2.14. The Labute approximate surface area is 116 Å². The number of rotatable bonds is 8. The van der Waals surface area contributed by atoms with Gasteiger partial charge >= 0.3 is 0 Å². The van der Waals surface area contributed by atoms with Gasteiger partial charge in [-0.2, -0.15) is 0 Å². The molecule has 19 heavy (non-hydrogen) atoms. The fraction of sp³-hybridized carbons (Fsp3) is 0.857. The smallest absolute Gasteiger partial charge is 0.222 e. The third-order valence-corrected chi connectivity index (χ3v) is 3.39. The molecule has 0 aliphatic rings. The van der Waals surface area contributed by atoms with Gasteiger partial charge in [-0.25, -0.2) is 0 Å². The SMILES string of the molecule is CC(C)CC(=O)NCCC(=O)NC(C)(CN)C(C)C. The van der Waals surface area contributed by atoms with Crippen molar-refractivity contribution in [2.24, 2.45) is 17.6 Å². The van der Waals surface area contributed by atoms with Gasteiger partial charge in [0.1, 0.15) is 0 Å². The molecular formula is C14H29N3O2. The molecule has 0 rings (SSSR count). The zero-order valence-corrected chi connectivity index (χ0v) is 12.9. The van der Waals surface area contributed by atoms with Crippen molar-refractivity contribution in [3.63, 3.8) is 0 Å². The van der Waals surface area contributed by atoms with Crippen LogP contribution in [0.5, 0.6) is 0 Å². The predicted octanol–water partition coefficient (Wildman–Crippen LogP) is 1.03. The van der Waals surface area contributed by atoms with E-state index < -0.39 is 0 Å². The first kappa shape index (κ1) is 17.9. The molecule has 0 spiro atoms. The summed E-state index contributed by atoms with van der Waals surface area (Å²) in [5.41, 5.74) is 5.31. The number of hydrogen-bond acceptors (Lipinski definition) is 3. The van der Waals surface area contributed by atoms with Crippen molar-refractivity contribution < 1.29 is 9.59 Å². The van der Waals surface area contributed by atoms with Crippen molar-refractivity contribution in [2.45, 2.75) is 53.0 Å². The van der Waals surface area contributed by atoms with Crippen molar-refractivity contribution in [3.8, 4) is 0 Å². The summed E-state index contributed by atoms with van der Waals surface area (Å²) in [5, 5.41) is 5.69. The van der Waals surface area contributed by atoms with Gasteiger partial charge in [0, 0.05) is 25.9 Å². The molecule has 0 aliphatic heterocycles. The zero-order chi connectivity index (χ0) is 15.1. The lowest BCUT2D eigenvalue weighted by Gasteiger charge is -2.33. The lowest BCUT2D eigenvalue weighted by Crippen LogP contribution is -2.55. The van der Waals surface area contributed by atoms with E-state index in [1.807, 2.05) is 34.6 Å². The maximum atomic E-state index is 11.8. The zero-order valence-electron chi connectivity index (χ0n) is 12.9. The molecule has 0 saturated carbocycles. The molecule has 0 saturated heterocycles. The van der Waals surface area contributed by atoms with E-state index >= 15 is 0 Å². The molecule has 0 aliphatic carbocycles. The molecule has 0 aromatic rings. The average Bonchev–Trinajstić information content (AvgIpc) is 2.27. The summed E-state index contributed by atoms with van der Waals surface area (Å²) in [4.78, 5) is 23.2. The van der Waals surface area contributed by atoms with Gasteiger partial charge in [-0.3, -0.25) is 9.59 Å². The number of carbonyl (C=O) groups is 2. The van der Waals surface area contributed by atoms with Crippen LogP contribution in [0, 0.1) is 11.8 Å². The summed E-state index contributed by atoms with van der Waals surface area (Å²) in [6.45, 7) is 10.7. The minimum Gasteiger partial charge on any atom is -0.356 e. The fourth-order valence-electron chi connectivity index (χ4n) is 1.57. The van der Waals surface area contributed by atoms with E-state index in [-0.39, 0.29) is 29.7 Å². The van der Waals surface area contributed by atoms with Crippen LogP contribution < -0.4 is 16.4 Å². The molecule has 0 heterocycles. The molecule has 0 bridgehead atoms. The normalized spacial score (nSPS) is 14.3. The average molecular weight is 271 g/mol. The van der Waals surface area contributed by atoms with Crippen molar-refractivity contribution in [3.05, 3.63) is 0 Å². The predicted molar refractivity (Wildman–Crippen MR) is 77.5 cm³/mol. The van der Waals surface area contributed by atoms with Gasteiger partial charge in [0.15, 0.2) is 0 Å². The molecule has 0 fully saturated rings. The van der Waals surface area contributed by atoms with E-state index in [1.165, 1.54) is 0 Å². The van der Waals surface area contributed by atoms with Crippen LogP contribution in [0.3, 0.4) is 0 Å². The van der Waals surface area contributed by atoms with E-state index in [2.05, 4.69) is 10.6 Å². The van der Waals surface area contributed by atoms with E-state index in [9.17, 15) is 9.59 Å². The maximum Gasteiger partial charge on any atom is 0.222 e. The standard InChI is InChI=1S/C14H29N3O2/c1-10(2)8-13(19)16-7-6-12(18)17-14(5,9-15)11(3)4/h10-11H,6-9,15H2,1-5H3,(H,16,19)(H,17,18). The highest BCUT2D eigenvalue weighted by atomic mass is 16.2. The first-order valence-electron chi connectivity index (χ1n) is 6.99. The molecule has 112 valence electrons. The summed E-state index contributed by atoms with van der Waals surface area (Å²) in [5.74, 6) is 0.507. The van der Waals surface area contributed by atoms with Crippen molar-refractivity contribution in [1.82, 2.24) is 10.6 Å². The topological polar surface area (TPSA) is 84.2 Å². The van der Waals surface area contributed by atoms with Crippen LogP contribution in [-0.2, 0) is 9.59 Å². The van der Waals surface area contributed by atoms with Gasteiger partial charge < -0.3 is 16.4 Å². The number of nitrogens with two attached hydrogens (primary N) is 1. The second kappa shape index (κ2) is 8.15. The Kier molecular flexibility index (Phi) is 7.68. The highest BCUT2D eigenvalue weighted by Gasteiger charge is 2.28. The Hall–Kier alpha value is -1.10. The number of carbonyl (C=O) groups excluding carboxylic acids is 2. The lowest BCUT2D eigenvalue weighted by molar-refractivity contribution is -0.124. The third kappa shape index (κ3) is 7.15. The Morgan fingerprint density at radius 1 is 1.16 bits per heavy atom. The summed E-state index contributed by atoms with van der Waals surface area (Å²) in [6, 6.07) is 0. The van der Waals surface area contributed by atoms with Crippen LogP contribution >= 0.6 is 0 Å². The van der Waals surface area contributed by atoms with Crippen LogP contribution in [0.15, 0.2) is 0 Å². The summed E-state index contributed by atoms with van der Waals surface area (Å²) in [7, 11) is 0. The maximum absolute atomic E-state index is 11.8. The van der Waals surface area contributed by atoms with Gasteiger partial charge in [-0.15, -0.1) is 0 Å². The third-order valence-electron chi connectivity index (χ3n) is 3.39. The van der Waals surface area contributed by atoms with Gasteiger partial charge in [0.25, 0.3) is 0 Å². The fourth-order valence-corrected chi connectivity index (χ4v) is 1.57. The molecule has 0 aromatic heterocycles. The Bertz CT molecular complexity index is 303. The van der Waals surface area contributed by atoms with Gasteiger partial charge in [-0.1, -0.05) is 27.7 Å². The van der Waals surface area contributed by atoms with Gasteiger partial charge in [-0.05, 0) is 18.8 Å². The van der Waals surface area contributed by atoms with Crippen LogP contribution in [0.2, 0.25) is 0 Å². The van der Waals surface area contributed by atoms with Crippen LogP contribution in [0.1, 0.15) is 47.5 Å². The lowest BCUT2D eigenvalue weighted by atomic mass is 9.88. The molecule has 0 radical (unpaired) electrons. The van der Waals surface area contributed by atoms with E-state index in [1.54, 1.807) is 0 Å². The van der Waals surface area contributed by atoms with Gasteiger partial charge in [0.05, 0.1) is 5.54 Å². The second-order valence-electron chi connectivity index (χ2n) is 6.02. The first-order valence-corrected chi connectivity index (χ1v) is 6.99. The highest BCUT2D eigenvalue weighted by molar-refractivity contribution is 5.79. The molecule has 0 aromatic carbocycles. The molecule has 2 amide bonds. The molecule has 1 atom stereocenters. The van der Waals surface area contributed by atoms with Crippen molar-refractivity contribution in [1.29, 1.82) is 0 Å². The molecule has 5 nitrogen and oxygen atoms in total. The van der Waals surface area contributed by atoms with Crippen molar-refractivity contribution in [2.75, 3.05) is 13.1 Å². The van der Waals surface area contributed by atoms with Crippen LogP contribution in [-0.4, -0.2) is 30.4 Å². The Morgan fingerprint density at radius 2 is 1.74 bits per heavy atom. The molecule has 5 heteroatoms. The summed E-state index contributed by atoms with van der Waals surface area (Å²) in [6.07, 6.45) is 0.778. The monoisotopic (exact) mass is 271 g/mol. The number of nitrogens with one attached hydrogen (secondary N) is 2. The van der Waals surface area contributed by atoms with Crippen LogP contribution in [0.4, 0.5) is 0 Å². The minimum absolute atomic E-state index is 0.00625. The van der Waals surface area contributed by atoms with E-state index in [4.69, 9.17) is 5.73 Å². The number of hydrogen-bond donors (Lipinski definition) is 3. The number of amides is 2. The minimum atomic E-state index is -0.390. The summed E-state index contributed by atoms with van der Waals surface area (Å²) >= 11 is 0. The molecule has 4 N–H and O–H groups in total. The largest absolute Gasteiger partial charge is 0.356 e. The van der Waals surface area contributed by atoms with E-state index in [0.29, 0.717) is 25.4 Å². The van der Waals surface area contributed by atoms with E-state index in [0.717, 1.165) is 0 Å².